The third kappa shape index (κ3) is 2.68. The van der Waals surface area contributed by atoms with E-state index in [2.05, 4.69) is 0 Å². The van der Waals surface area contributed by atoms with Crippen LogP contribution in [0.5, 0.6) is 0 Å². The number of allylic oxidation sites excluding steroid dienone is 1. The van der Waals surface area contributed by atoms with E-state index >= 15 is 0 Å². The number of aliphatic hydroxyl groups is 1. The average molecular weight is 177 g/mol. The Morgan fingerprint density at radius 3 is 2.46 bits per heavy atom. The molecule has 0 amide bonds. The van der Waals surface area contributed by atoms with Crippen molar-refractivity contribution in [1.29, 1.82) is 0 Å². The SMILES string of the molecule is C/C=C/c1ccc(C(O)CN)cc1. The van der Waals surface area contributed by atoms with E-state index in [0.29, 0.717) is 0 Å². The van der Waals surface area contributed by atoms with E-state index in [-0.39, 0.29) is 6.54 Å². The highest BCUT2D eigenvalue weighted by Crippen LogP contribution is 2.13. The van der Waals surface area contributed by atoms with E-state index in [1.807, 2.05) is 43.3 Å². The molecule has 1 atom stereocenters. The van der Waals surface area contributed by atoms with Crippen LogP contribution in [0.1, 0.15) is 24.2 Å². The van der Waals surface area contributed by atoms with Crippen LogP contribution in [0.15, 0.2) is 30.3 Å². The van der Waals surface area contributed by atoms with Crippen LogP contribution in [0.25, 0.3) is 6.08 Å². The molecule has 1 rings (SSSR count). The Balaban J connectivity index is 2.80. The van der Waals surface area contributed by atoms with Crippen LogP contribution in [0.2, 0.25) is 0 Å². The molecule has 0 heterocycles. The molecule has 0 fully saturated rings. The van der Waals surface area contributed by atoms with Gasteiger partial charge in [0.05, 0.1) is 6.10 Å². The van der Waals surface area contributed by atoms with Gasteiger partial charge in [-0.05, 0) is 18.1 Å². The molecule has 1 aromatic rings. The quantitative estimate of drug-likeness (QED) is 0.738. The number of benzene rings is 1. The van der Waals surface area contributed by atoms with Gasteiger partial charge in [-0.3, -0.25) is 0 Å². The van der Waals surface area contributed by atoms with Crippen molar-refractivity contribution in [2.24, 2.45) is 5.73 Å². The number of aliphatic hydroxyl groups excluding tert-OH is 1. The van der Waals surface area contributed by atoms with Crippen molar-refractivity contribution in [1.82, 2.24) is 0 Å². The molecule has 1 aromatic carbocycles. The lowest BCUT2D eigenvalue weighted by molar-refractivity contribution is 0.187. The lowest BCUT2D eigenvalue weighted by atomic mass is 10.1. The Labute approximate surface area is 78.7 Å². The zero-order valence-corrected chi connectivity index (χ0v) is 7.77. The van der Waals surface area contributed by atoms with Gasteiger partial charge in [0.1, 0.15) is 0 Å². The lowest BCUT2D eigenvalue weighted by Crippen LogP contribution is -2.11. The van der Waals surface area contributed by atoms with E-state index in [0.717, 1.165) is 11.1 Å². The molecule has 0 saturated carbocycles. The molecule has 13 heavy (non-hydrogen) atoms. The summed E-state index contributed by atoms with van der Waals surface area (Å²) in [6.07, 6.45) is 3.45. The maximum atomic E-state index is 9.41. The van der Waals surface area contributed by atoms with Gasteiger partial charge >= 0.3 is 0 Å². The van der Waals surface area contributed by atoms with E-state index in [9.17, 15) is 5.11 Å². The minimum absolute atomic E-state index is 0.267. The minimum Gasteiger partial charge on any atom is -0.387 e. The summed E-state index contributed by atoms with van der Waals surface area (Å²) in [5.41, 5.74) is 7.34. The second kappa shape index (κ2) is 4.80. The predicted molar refractivity (Wildman–Crippen MR) is 55.2 cm³/mol. The molecule has 0 aliphatic rings. The zero-order chi connectivity index (χ0) is 9.68. The first-order valence-electron chi connectivity index (χ1n) is 4.38. The monoisotopic (exact) mass is 177 g/mol. The van der Waals surface area contributed by atoms with Crippen LogP contribution in [0, 0.1) is 0 Å². The van der Waals surface area contributed by atoms with Gasteiger partial charge in [0.25, 0.3) is 0 Å². The van der Waals surface area contributed by atoms with Gasteiger partial charge < -0.3 is 10.8 Å². The maximum Gasteiger partial charge on any atom is 0.0912 e. The molecule has 0 radical (unpaired) electrons. The number of nitrogens with two attached hydrogens (primary N) is 1. The summed E-state index contributed by atoms with van der Waals surface area (Å²) in [4.78, 5) is 0. The zero-order valence-electron chi connectivity index (χ0n) is 7.77. The van der Waals surface area contributed by atoms with Crippen molar-refractivity contribution in [2.75, 3.05) is 6.54 Å². The fourth-order valence-corrected chi connectivity index (χ4v) is 1.16. The van der Waals surface area contributed by atoms with Crippen molar-refractivity contribution < 1.29 is 5.11 Å². The van der Waals surface area contributed by atoms with Gasteiger partial charge in [-0.25, -0.2) is 0 Å². The van der Waals surface area contributed by atoms with E-state index in [1.54, 1.807) is 0 Å². The third-order valence-electron chi connectivity index (χ3n) is 1.90. The highest BCUT2D eigenvalue weighted by Gasteiger charge is 2.02. The summed E-state index contributed by atoms with van der Waals surface area (Å²) in [5, 5.41) is 9.41. The molecule has 2 nitrogen and oxygen atoms in total. The molecular weight excluding hydrogens is 162 g/mol. The molecular formula is C11H15NO. The van der Waals surface area contributed by atoms with Crippen molar-refractivity contribution in [2.45, 2.75) is 13.0 Å². The van der Waals surface area contributed by atoms with Crippen LogP contribution >= 0.6 is 0 Å². The molecule has 0 aromatic heterocycles. The molecule has 2 heteroatoms. The van der Waals surface area contributed by atoms with Crippen LogP contribution in [-0.2, 0) is 0 Å². The lowest BCUT2D eigenvalue weighted by Gasteiger charge is -2.07. The first-order valence-corrected chi connectivity index (χ1v) is 4.38. The smallest absolute Gasteiger partial charge is 0.0912 e. The van der Waals surface area contributed by atoms with Crippen LogP contribution in [0.4, 0.5) is 0 Å². The summed E-state index contributed by atoms with van der Waals surface area (Å²) in [6, 6.07) is 7.72. The molecule has 3 N–H and O–H groups in total. The normalized spacial score (nSPS) is 13.5. The van der Waals surface area contributed by atoms with Crippen molar-refractivity contribution in [3.05, 3.63) is 41.5 Å². The summed E-state index contributed by atoms with van der Waals surface area (Å²) in [5.74, 6) is 0. The summed E-state index contributed by atoms with van der Waals surface area (Å²) >= 11 is 0. The van der Waals surface area contributed by atoms with Crippen molar-refractivity contribution in [3.63, 3.8) is 0 Å². The van der Waals surface area contributed by atoms with Gasteiger partial charge in [0, 0.05) is 6.54 Å². The molecule has 0 aliphatic heterocycles. The van der Waals surface area contributed by atoms with Gasteiger partial charge in [0.15, 0.2) is 0 Å². The number of rotatable bonds is 3. The van der Waals surface area contributed by atoms with Crippen LogP contribution in [-0.4, -0.2) is 11.7 Å². The Bertz CT molecular complexity index is 277. The number of hydrogen-bond donors (Lipinski definition) is 2. The summed E-state index contributed by atoms with van der Waals surface area (Å²) in [7, 11) is 0. The standard InChI is InChI=1S/C11H15NO/c1-2-3-9-4-6-10(7-5-9)11(13)8-12/h2-7,11,13H,8,12H2,1H3/b3-2+. The highest BCUT2D eigenvalue weighted by atomic mass is 16.3. The first-order chi connectivity index (χ1) is 6.27. The first kappa shape index (κ1) is 9.96. The summed E-state index contributed by atoms with van der Waals surface area (Å²) < 4.78 is 0. The average Bonchev–Trinajstić information content (AvgIpc) is 2.18. The van der Waals surface area contributed by atoms with Crippen LogP contribution < -0.4 is 5.73 Å². The largest absolute Gasteiger partial charge is 0.387 e. The highest BCUT2D eigenvalue weighted by molar-refractivity contribution is 5.49. The molecule has 0 bridgehead atoms. The van der Waals surface area contributed by atoms with Crippen LogP contribution in [0.3, 0.4) is 0 Å². The second-order valence-corrected chi connectivity index (χ2v) is 2.92. The number of hydrogen-bond acceptors (Lipinski definition) is 2. The van der Waals surface area contributed by atoms with E-state index in [4.69, 9.17) is 5.73 Å². The minimum atomic E-state index is -0.542. The van der Waals surface area contributed by atoms with Gasteiger partial charge in [-0.2, -0.15) is 0 Å². The van der Waals surface area contributed by atoms with Gasteiger partial charge in [-0.1, -0.05) is 36.4 Å². The Morgan fingerprint density at radius 2 is 2.00 bits per heavy atom. The van der Waals surface area contributed by atoms with Crippen molar-refractivity contribution >= 4 is 6.08 Å². The fourth-order valence-electron chi connectivity index (χ4n) is 1.16. The molecule has 0 spiro atoms. The van der Waals surface area contributed by atoms with Gasteiger partial charge in [0.2, 0.25) is 0 Å². The maximum absolute atomic E-state index is 9.41. The second-order valence-electron chi connectivity index (χ2n) is 2.92. The Hall–Kier alpha value is -1.12. The Morgan fingerprint density at radius 1 is 1.38 bits per heavy atom. The topological polar surface area (TPSA) is 46.2 Å². The summed E-state index contributed by atoms with van der Waals surface area (Å²) in [6.45, 7) is 2.24. The molecule has 0 saturated heterocycles. The van der Waals surface area contributed by atoms with Crippen molar-refractivity contribution in [3.8, 4) is 0 Å². The van der Waals surface area contributed by atoms with E-state index < -0.39 is 6.10 Å². The van der Waals surface area contributed by atoms with Gasteiger partial charge in [-0.15, -0.1) is 0 Å². The predicted octanol–water partition coefficient (Wildman–Crippen LogP) is 1.71. The molecule has 70 valence electrons. The third-order valence-corrected chi connectivity index (χ3v) is 1.90. The molecule has 1 unspecified atom stereocenters. The fraction of sp³-hybridized carbons (Fsp3) is 0.273. The van der Waals surface area contributed by atoms with E-state index in [1.165, 1.54) is 0 Å². The Kier molecular flexibility index (Phi) is 3.68. The molecule has 0 aliphatic carbocycles.